The summed E-state index contributed by atoms with van der Waals surface area (Å²) in [5, 5.41) is 3.89. The highest BCUT2D eigenvalue weighted by atomic mass is 32.1. The summed E-state index contributed by atoms with van der Waals surface area (Å²) in [6.07, 6.45) is 9.69. The second-order valence-electron chi connectivity index (χ2n) is 6.61. The van der Waals surface area contributed by atoms with E-state index in [1.165, 1.54) is 0 Å². The fraction of sp³-hybridized carbons (Fsp3) is 0.130. The first-order valence-corrected chi connectivity index (χ1v) is 9.87. The Labute approximate surface area is 167 Å². The summed E-state index contributed by atoms with van der Waals surface area (Å²) >= 11 is 1.62. The maximum Gasteiger partial charge on any atom is 0.255 e. The number of nitrogens with one attached hydrogen (secondary N) is 1. The Bertz CT molecular complexity index is 1110. The molecule has 5 heteroatoms. The van der Waals surface area contributed by atoms with E-state index in [2.05, 4.69) is 23.3 Å². The van der Waals surface area contributed by atoms with Crippen LogP contribution < -0.4 is 10.1 Å². The predicted octanol–water partition coefficient (Wildman–Crippen LogP) is 5.60. The van der Waals surface area contributed by atoms with Gasteiger partial charge in [0, 0.05) is 16.8 Å². The van der Waals surface area contributed by atoms with Crippen molar-refractivity contribution in [2.45, 2.75) is 6.92 Å². The minimum Gasteiger partial charge on any atom is -0.497 e. The number of methoxy groups -OCH3 is 1. The Kier molecular flexibility index (Phi) is 5.08. The Balaban J connectivity index is 1.51. The molecule has 1 aliphatic carbocycles. The first kappa shape index (κ1) is 18.2. The first-order valence-electron chi connectivity index (χ1n) is 9.05. The van der Waals surface area contributed by atoms with E-state index in [4.69, 9.17) is 4.74 Å². The van der Waals surface area contributed by atoms with Crippen LogP contribution in [0.4, 0.5) is 5.69 Å². The van der Waals surface area contributed by atoms with E-state index >= 15 is 0 Å². The standard InChI is InChI=1S/C23H20N2O2S/c1-15-4-3-5-16(7-6-15)22(26)24-18-10-8-17(9-11-18)23-25-20-13-12-19(27-2)14-21(20)28-23/h3-15H,1-2H3,(H,24,26). The number of ether oxygens (including phenoxy) is 1. The molecule has 28 heavy (non-hydrogen) atoms. The fourth-order valence-corrected chi connectivity index (χ4v) is 3.92. The van der Waals surface area contributed by atoms with Crippen LogP contribution in [-0.2, 0) is 4.79 Å². The molecule has 0 saturated carbocycles. The van der Waals surface area contributed by atoms with Gasteiger partial charge in [-0.2, -0.15) is 0 Å². The van der Waals surface area contributed by atoms with Crippen LogP contribution in [0, 0.1) is 5.92 Å². The number of amides is 1. The average Bonchev–Trinajstić information content (AvgIpc) is 3.01. The summed E-state index contributed by atoms with van der Waals surface area (Å²) in [4.78, 5) is 17.2. The van der Waals surface area contributed by atoms with Gasteiger partial charge in [-0.05, 0) is 54.5 Å². The maximum atomic E-state index is 12.5. The highest BCUT2D eigenvalue weighted by molar-refractivity contribution is 7.21. The van der Waals surface area contributed by atoms with Crippen LogP contribution in [0.3, 0.4) is 0 Å². The first-order chi connectivity index (χ1) is 13.6. The predicted molar refractivity (Wildman–Crippen MR) is 116 cm³/mol. The van der Waals surface area contributed by atoms with Gasteiger partial charge >= 0.3 is 0 Å². The van der Waals surface area contributed by atoms with Crippen molar-refractivity contribution in [3.8, 4) is 16.3 Å². The second kappa shape index (κ2) is 7.82. The topological polar surface area (TPSA) is 51.2 Å². The molecular weight excluding hydrogens is 368 g/mol. The molecule has 1 heterocycles. The lowest BCUT2D eigenvalue weighted by Gasteiger charge is -2.06. The highest BCUT2D eigenvalue weighted by Crippen LogP contribution is 2.32. The number of aromatic nitrogens is 1. The van der Waals surface area contributed by atoms with Crippen molar-refractivity contribution in [1.29, 1.82) is 0 Å². The number of thiazole rings is 1. The van der Waals surface area contributed by atoms with Crippen LogP contribution in [0.1, 0.15) is 6.92 Å². The zero-order valence-electron chi connectivity index (χ0n) is 15.7. The van der Waals surface area contributed by atoms with Crippen LogP contribution in [0.5, 0.6) is 5.75 Å². The van der Waals surface area contributed by atoms with Gasteiger partial charge in [0.05, 0.1) is 17.3 Å². The molecule has 0 fully saturated rings. The van der Waals surface area contributed by atoms with Gasteiger partial charge in [-0.25, -0.2) is 4.98 Å². The molecule has 0 bridgehead atoms. The molecule has 1 aliphatic rings. The quantitative estimate of drug-likeness (QED) is 0.633. The van der Waals surface area contributed by atoms with Crippen molar-refractivity contribution in [3.63, 3.8) is 0 Å². The molecule has 0 aliphatic heterocycles. The fourth-order valence-electron chi connectivity index (χ4n) is 2.92. The van der Waals surface area contributed by atoms with Crippen LogP contribution in [-0.4, -0.2) is 18.0 Å². The second-order valence-corrected chi connectivity index (χ2v) is 7.64. The molecule has 0 spiro atoms. The van der Waals surface area contributed by atoms with Crippen LogP contribution >= 0.6 is 11.3 Å². The lowest BCUT2D eigenvalue weighted by Crippen LogP contribution is -2.13. The van der Waals surface area contributed by atoms with Crippen LogP contribution in [0.25, 0.3) is 20.8 Å². The molecule has 4 nitrogen and oxygen atoms in total. The van der Waals surface area contributed by atoms with Gasteiger partial charge in [0.2, 0.25) is 0 Å². The van der Waals surface area contributed by atoms with Crippen molar-refractivity contribution in [1.82, 2.24) is 4.98 Å². The number of carbonyl (C=O) groups is 1. The van der Waals surface area contributed by atoms with Crippen molar-refractivity contribution < 1.29 is 9.53 Å². The summed E-state index contributed by atoms with van der Waals surface area (Å²) in [6.45, 7) is 2.08. The molecule has 4 rings (SSSR count). The van der Waals surface area contributed by atoms with E-state index in [1.54, 1.807) is 18.4 Å². The van der Waals surface area contributed by atoms with E-state index in [1.807, 2.05) is 66.8 Å². The Hall–Kier alpha value is -3.18. The molecule has 0 saturated heterocycles. The number of allylic oxidation sites excluding steroid dienone is 4. The maximum absolute atomic E-state index is 12.5. The van der Waals surface area contributed by atoms with Gasteiger partial charge in [-0.1, -0.05) is 31.2 Å². The minimum atomic E-state index is -0.116. The van der Waals surface area contributed by atoms with Gasteiger partial charge in [-0.3, -0.25) is 4.79 Å². The van der Waals surface area contributed by atoms with Crippen molar-refractivity contribution in [3.05, 3.63) is 78.4 Å². The van der Waals surface area contributed by atoms with E-state index < -0.39 is 0 Å². The van der Waals surface area contributed by atoms with Gasteiger partial charge < -0.3 is 10.1 Å². The van der Waals surface area contributed by atoms with Crippen LogP contribution in [0.15, 0.2) is 78.4 Å². The van der Waals surface area contributed by atoms with Gasteiger partial charge in [0.1, 0.15) is 10.8 Å². The van der Waals surface area contributed by atoms with E-state index in [9.17, 15) is 4.79 Å². The number of fused-ring (bicyclic) bond motifs is 1. The molecule has 1 aromatic heterocycles. The number of anilines is 1. The number of carbonyl (C=O) groups excluding carboxylic acids is 1. The SMILES string of the molecule is COc1ccc2nc(-c3ccc(NC(=O)C4=CC=CC(C)C=C4)cc3)sc2c1. The van der Waals surface area contributed by atoms with Crippen molar-refractivity contribution in [2.75, 3.05) is 12.4 Å². The molecular formula is C23H20N2O2S. The van der Waals surface area contributed by atoms with Gasteiger partial charge in [0.25, 0.3) is 5.91 Å². The normalized spacial score (nSPS) is 15.9. The number of hydrogen-bond acceptors (Lipinski definition) is 4. The van der Waals surface area contributed by atoms with Crippen molar-refractivity contribution >= 4 is 33.1 Å². The molecule has 1 unspecified atom stereocenters. The Morgan fingerprint density at radius 3 is 2.75 bits per heavy atom. The molecule has 140 valence electrons. The molecule has 2 aromatic carbocycles. The minimum absolute atomic E-state index is 0.116. The van der Waals surface area contributed by atoms with E-state index in [-0.39, 0.29) is 5.91 Å². The smallest absolute Gasteiger partial charge is 0.255 e. The Morgan fingerprint density at radius 2 is 1.96 bits per heavy atom. The zero-order chi connectivity index (χ0) is 19.5. The molecule has 1 amide bonds. The summed E-state index contributed by atoms with van der Waals surface area (Å²) < 4.78 is 6.36. The van der Waals surface area contributed by atoms with Crippen LogP contribution in [0.2, 0.25) is 0 Å². The van der Waals surface area contributed by atoms with E-state index in [0.29, 0.717) is 11.5 Å². The average molecular weight is 388 g/mol. The summed E-state index contributed by atoms with van der Waals surface area (Å²) in [5.74, 6) is 1.04. The van der Waals surface area contributed by atoms with E-state index in [0.717, 1.165) is 32.2 Å². The number of hydrogen-bond donors (Lipinski definition) is 1. The molecule has 3 aromatic rings. The number of nitrogens with zero attached hydrogens (tertiary/aromatic N) is 1. The molecule has 0 radical (unpaired) electrons. The molecule has 1 N–H and O–H groups in total. The zero-order valence-corrected chi connectivity index (χ0v) is 16.5. The molecule has 1 atom stereocenters. The van der Waals surface area contributed by atoms with Crippen molar-refractivity contribution in [2.24, 2.45) is 5.92 Å². The summed E-state index contributed by atoms with van der Waals surface area (Å²) in [7, 11) is 1.66. The monoisotopic (exact) mass is 388 g/mol. The summed E-state index contributed by atoms with van der Waals surface area (Å²) in [6, 6.07) is 13.6. The summed E-state index contributed by atoms with van der Waals surface area (Å²) in [5.41, 5.74) is 3.37. The number of benzene rings is 2. The Morgan fingerprint density at radius 1 is 1.14 bits per heavy atom. The van der Waals surface area contributed by atoms with Gasteiger partial charge in [-0.15, -0.1) is 11.3 Å². The lowest BCUT2D eigenvalue weighted by molar-refractivity contribution is -0.112. The third-order valence-electron chi connectivity index (χ3n) is 4.52. The third kappa shape index (κ3) is 3.89. The largest absolute Gasteiger partial charge is 0.497 e. The number of rotatable bonds is 4. The lowest BCUT2D eigenvalue weighted by atomic mass is 10.1. The third-order valence-corrected chi connectivity index (χ3v) is 5.58. The van der Waals surface area contributed by atoms with Gasteiger partial charge in [0.15, 0.2) is 0 Å². The highest BCUT2D eigenvalue weighted by Gasteiger charge is 2.10.